The Balaban J connectivity index is 2.49. The first-order chi connectivity index (χ1) is 18.6. The SMILES string of the molecule is CCC(CC)C[C@H](NC(C)=O)[C@H]1[C@H](NC(=O)OCC[Si](C)(C)C)CC(C(=O)OC(C)(C)C)N1Cc1ccccc1. The molecule has 1 saturated heterocycles. The second-order valence-electron chi connectivity index (χ2n) is 13.4. The van der Waals surface area contributed by atoms with E-state index in [1.165, 1.54) is 6.92 Å². The minimum absolute atomic E-state index is 0.132. The number of carbonyl (C=O) groups excluding carboxylic acids is 3. The normalized spacial score (nSPS) is 20.7. The molecular weight excluding hydrogens is 522 g/mol. The van der Waals surface area contributed by atoms with Crippen molar-refractivity contribution in [3.05, 3.63) is 35.9 Å². The lowest BCUT2D eigenvalue weighted by Crippen LogP contribution is -2.58. The first-order valence-electron chi connectivity index (χ1n) is 14.9. The highest BCUT2D eigenvalue weighted by Gasteiger charge is 2.50. The fraction of sp³-hybridized carbons (Fsp3) is 0.710. The summed E-state index contributed by atoms with van der Waals surface area (Å²) in [6.07, 6.45) is 2.58. The van der Waals surface area contributed by atoms with E-state index >= 15 is 0 Å². The number of ether oxygens (including phenoxy) is 2. The number of rotatable bonds is 13. The van der Waals surface area contributed by atoms with E-state index in [0.717, 1.165) is 30.9 Å². The van der Waals surface area contributed by atoms with Gasteiger partial charge in [0.05, 0.1) is 18.7 Å². The third kappa shape index (κ3) is 11.2. The molecule has 0 radical (unpaired) electrons. The Morgan fingerprint density at radius 2 is 1.70 bits per heavy atom. The fourth-order valence-corrected chi connectivity index (χ4v) is 6.10. The van der Waals surface area contributed by atoms with Crippen LogP contribution in [0.15, 0.2) is 30.3 Å². The topological polar surface area (TPSA) is 97.0 Å². The molecule has 40 heavy (non-hydrogen) atoms. The first kappa shape index (κ1) is 33.8. The Kier molecular flexibility index (Phi) is 12.7. The number of alkyl carbamates (subject to hydrolysis) is 1. The predicted molar refractivity (Wildman–Crippen MR) is 163 cm³/mol. The molecule has 1 aromatic rings. The van der Waals surface area contributed by atoms with Gasteiger partial charge in [-0.25, -0.2) is 4.79 Å². The third-order valence-corrected chi connectivity index (χ3v) is 9.20. The molecule has 0 saturated carbocycles. The number of benzene rings is 1. The molecule has 1 aliphatic rings. The molecule has 0 spiro atoms. The maximum atomic E-state index is 13.6. The number of nitrogens with one attached hydrogen (secondary N) is 2. The minimum Gasteiger partial charge on any atom is -0.459 e. The van der Waals surface area contributed by atoms with Crippen LogP contribution >= 0.6 is 0 Å². The number of hydrogen-bond donors (Lipinski definition) is 2. The first-order valence-corrected chi connectivity index (χ1v) is 18.6. The lowest BCUT2D eigenvalue weighted by atomic mass is 9.88. The Bertz CT molecular complexity index is 956. The molecule has 1 fully saturated rings. The number of nitrogens with zero attached hydrogens (tertiary/aromatic N) is 1. The molecule has 2 amide bonds. The summed E-state index contributed by atoms with van der Waals surface area (Å²) < 4.78 is 11.5. The summed E-state index contributed by atoms with van der Waals surface area (Å²) in [7, 11) is -1.37. The van der Waals surface area contributed by atoms with E-state index < -0.39 is 31.9 Å². The molecule has 1 heterocycles. The van der Waals surface area contributed by atoms with Crippen molar-refractivity contribution in [2.24, 2.45) is 5.92 Å². The molecule has 2 N–H and O–H groups in total. The smallest absolute Gasteiger partial charge is 0.407 e. The van der Waals surface area contributed by atoms with Crippen LogP contribution in [0.5, 0.6) is 0 Å². The second-order valence-corrected chi connectivity index (χ2v) is 19.0. The van der Waals surface area contributed by atoms with Crippen LogP contribution in [0.3, 0.4) is 0 Å². The van der Waals surface area contributed by atoms with E-state index in [4.69, 9.17) is 9.47 Å². The number of esters is 1. The summed E-state index contributed by atoms with van der Waals surface area (Å²) in [6.45, 7) is 19.0. The van der Waals surface area contributed by atoms with E-state index in [1.54, 1.807) is 0 Å². The molecular formula is C31H53N3O5Si. The van der Waals surface area contributed by atoms with Crippen LogP contribution in [-0.4, -0.2) is 67.3 Å². The van der Waals surface area contributed by atoms with Crippen LogP contribution in [0.2, 0.25) is 25.7 Å². The van der Waals surface area contributed by atoms with Gasteiger partial charge in [-0.3, -0.25) is 14.5 Å². The zero-order valence-corrected chi connectivity index (χ0v) is 27.2. The van der Waals surface area contributed by atoms with Crippen LogP contribution in [0.25, 0.3) is 0 Å². The zero-order chi connectivity index (χ0) is 30.1. The van der Waals surface area contributed by atoms with Gasteiger partial charge in [0.15, 0.2) is 0 Å². The summed E-state index contributed by atoms with van der Waals surface area (Å²) in [5.41, 5.74) is 0.391. The Hall–Kier alpha value is -2.39. The van der Waals surface area contributed by atoms with Crippen LogP contribution < -0.4 is 10.6 Å². The largest absolute Gasteiger partial charge is 0.459 e. The lowest BCUT2D eigenvalue weighted by molar-refractivity contribution is -0.161. The Morgan fingerprint density at radius 3 is 2.23 bits per heavy atom. The minimum atomic E-state index is -1.37. The molecule has 1 aliphatic heterocycles. The van der Waals surface area contributed by atoms with Crippen molar-refractivity contribution in [2.75, 3.05) is 6.61 Å². The van der Waals surface area contributed by atoms with Crippen molar-refractivity contribution in [1.82, 2.24) is 15.5 Å². The van der Waals surface area contributed by atoms with Gasteiger partial charge in [0.25, 0.3) is 0 Å². The summed E-state index contributed by atoms with van der Waals surface area (Å²) in [5.74, 6) is -0.0675. The monoisotopic (exact) mass is 575 g/mol. The van der Waals surface area contributed by atoms with E-state index in [-0.39, 0.29) is 24.0 Å². The summed E-state index contributed by atoms with van der Waals surface area (Å²) in [6, 6.07) is 9.25. The molecule has 2 rings (SSSR count). The zero-order valence-electron chi connectivity index (χ0n) is 26.2. The highest BCUT2D eigenvalue weighted by molar-refractivity contribution is 6.76. The van der Waals surface area contributed by atoms with Gasteiger partial charge in [-0.05, 0) is 51.1 Å². The molecule has 0 bridgehead atoms. The lowest BCUT2D eigenvalue weighted by Gasteiger charge is -2.38. The van der Waals surface area contributed by atoms with Crippen LogP contribution in [-0.2, 0) is 25.6 Å². The quantitative estimate of drug-likeness (QED) is 0.230. The fourth-order valence-electron chi connectivity index (χ4n) is 5.39. The second kappa shape index (κ2) is 15.0. The molecule has 226 valence electrons. The van der Waals surface area contributed by atoms with E-state index in [1.807, 2.05) is 51.1 Å². The molecule has 0 aromatic heterocycles. The number of hydrogen-bond acceptors (Lipinski definition) is 6. The standard InChI is InChI=1S/C31H53N3O5Si/c1-10-23(11-2)19-25(32-22(3)35)28-26(33-30(37)38-17-18-40(7,8)9)20-27(29(36)39-31(4,5)6)34(28)21-24-15-13-12-14-16-24/h12-16,23,25-28H,10-11,17-21H2,1-9H3,(H,32,35)(H,33,37)/t25-,26+,27?,28-/m0/s1. The van der Waals surface area contributed by atoms with Crippen LogP contribution in [0, 0.1) is 5.92 Å². The van der Waals surface area contributed by atoms with Crippen molar-refractivity contribution < 1.29 is 23.9 Å². The van der Waals surface area contributed by atoms with Gasteiger partial charge in [0.2, 0.25) is 5.91 Å². The van der Waals surface area contributed by atoms with E-state index in [9.17, 15) is 14.4 Å². The van der Waals surface area contributed by atoms with Gasteiger partial charge < -0.3 is 20.1 Å². The highest BCUT2D eigenvalue weighted by atomic mass is 28.3. The van der Waals surface area contributed by atoms with Crippen molar-refractivity contribution in [1.29, 1.82) is 0 Å². The Labute approximate surface area is 243 Å². The Morgan fingerprint density at radius 1 is 1.07 bits per heavy atom. The van der Waals surface area contributed by atoms with Crippen molar-refractivity contribution >= 4 is 26.0 Å². The van der Waals surface area contributed by atoms with Gasteiger partial charge in [-0.1, -0.05) is 76.7 Å². The number of amides is 2. The molecule has 9 heteroatoms. The molecule has 4 atom stereocenters. The van der Waals surface area contributed by atoms with Crippen molar-refractivity contribution in [3.63, 3.8) is 0 Å². The van der Waals surface area contributed by atoms with Gasteiger partial charge in [0, 0.05) is 27.6 Å². The van der Waals surface area contributed by atoms with Gasteiger partial charge in [-0.2, -0.15) is 0 Å². The van der Waals surface area contributed by atoms with E-state index in [0.29, 0.717) is 25.5 Å². The maximum absolute atomic E-state index is 13.6. The van der Waals surface area contributed by atoms with Crippen LogP contribution in [0.1, 0.15) is 72.8 Å². The average molecular weight is 576 g/mol. The predicted octanol–water partition coefficient (Wildman–Crippen LogP) is 5.74. The van der Waals surface area contributed by atoms with Gasteiger partial charge >= 0.3 is 12.1 Å². The molecule has 8 nitrogen and oxygen atoms in total. The molecule has 1 aromatic carbocycles. The van der Waals surface area contributed by atoms with Crippen molar-refractivity contribution in [3.8, 4) is 0 Å². The number of likely N-dealkylation sites (tertiary alicyclic amines) is 1. The van der Waals surface area contributed by atoms with Crippen LogP contribution in [0.4, 0.5) is 4.79 Å². The highest BCUT2D eigenvalue weighted by Crippen LogP contribution is 2.34. The van der Waals surface area contributed by atoms with Gasteiger partial charge in [-0.15, -0.1) is 0 Å². The average Bonchev–Trinajstić information content (AvgIpc) is 3.17. The summed E-state index contributed by atoms with van der Waals surface area (Å²) in [5, 5.41) is 6.29. The maximum Gasteiger partial charge on any atom is 0.407 e. The molecule has 1 unspecified atom stereocenters. The summed E-state index contributed by atoms with van der Waals surface area (Å²) >= 11 is 0. The van der Waals surface area contributed by atoms with E-state index in [2.05, 4.69) is 49.0 Å². The number of carbonyl (C=O) groups is 3. The van der Waals surface area contributed by atoms with Gasteiger partial charge in [0.1, 0.15) is 11.6 Å². The van der Waals surface area contributed by atoms with Crippen molar-refractivity contribution in [2.45, 2.75) is 129 Å². The third-order valence-electron chi connectivity index (χ3n) is 7.49. The summed E-state index contributed by atoms with van der Waals surface area (Å²) in [4.78, 5) is 41.2. The molecule has 0 aliphatic carbocycles.